The zero-order valence-corrected chi connectivity index (χ0v) is 20.6. The van der Waals surface area contributed by atoms with Gasteiger partial charge >= 0.3 is 0 Å². The Labute approximate surface area is 181 Å². The van der Waals surface area contributed by atoms with Crippen molar-refractivity contribution in [2.24, 2.45) is 39.9 Å². The molecule has 4 aliphatic carbocycles. The number of fused-ring (bicyclic) bond motifs is 5. The smallest absolute Gasteiger partial charge is 0.0756 e. The van der Waals surface area contributed by atoms with E-state index in [1.807, 2.05) is 13.8 Å². The lowest BCUT2D eigenvalue weighted by Gasteiger charge is -2.64. The van der Waals surface area contributed by atoms with Crippen molar-refractivity contribution in [3.63, 3.8) is 0 Å². The van der Waals surface area contributed by atoms with Crippen LogP contribution in [0.3, 0.4) is 0 Å². The lowest BCUT2D eigenvalue weighted by atomic mass is 9.41. The molecule has 0 aromatic carbocycles. The lowest BCUT2D eigenvalue weighted by molar-refractivity contribution is -0.120. The van der Waals surface area contributed by atoms with Gasteiger partial charge in [0.05, 0.1) is 6.10 Å². The van der Waals surface area contributed by atoms with Crippen LogP contribution in [0.15, 0.2) is 11.6 Å². The van der Waals surface area contributed by atoms with E-state index in [-0.39, 0.29) is 0 Å². The second-order valence-corrected chi connectivity index (χ2v) is 11.2. The van der Waals surface area contributed by atoms with Crippen molar-refractivity contribution in [1.82, 2.24) is 0 Å². The maximum Gasteiger partial charge on any atom is 0.0756 e. The summed E-state index contributed by atoms with van der Waals surface area (Å²) in [5.41, 5.74) is 3.23. The number of hydrogen-bond acceptors (Lipinski definition) is 2. The minimum absolute atomic E-state index is 0.331. The van der Waals surface area contributed by atoms with Gasteiger partial charge in [-0.2, -0.15) is 0 Å². The van der Waals surface area contributed by atoms with Gasteiger partial charge in [0.25, 0.3) is 0 Å². The van der Waals surface area contributed by atoms with Crippen LogP contribution in [-0.4, -0.2) is 6.10 Å². The highest BCUT2D eigenvalue weighted by Crippen LogP contribution is 2.72. The first kappa shape index (κ1) is 22.7. The Morgan fingerprint density at radius 1 is 1.07 bits per heavy atom. The molecule has 0 aliphatic heterocycles. The fraction of sp³-hybridized carbons (Fsp3) is 0.923. The second-order valence-electron chi connectivity index (χ2n) is 11.0. The second kappa shape index (κ2) is 8.29. The molecule has 0 bridgehead atoms. The summed E-state index contributed by atoms with van der Waals surface area (Å²) in [4.78, 5) is 0. The highest BCUT2D eigenvalue weighted by molar-refractivity contribution is 7.75. The summed E-state index contributed by atoms with van der Waals surface area (Å²) in [5, 5.41) is 0. The summed E-state index contributed by atoms with van der Waals surface area (Å²) in [6.45, 7) is 16.8. The van der Waals surface area contributed by atoms with Crippen LogP contribution in [0.1, 0.15) is 106 Å². The third kappa shape index (κ3) is 3.15. The molecule has 0 radical (unpaired) electrons. The van der Waals surface area contributed by atoms with E-state index in [2.05, 4.69) is 53.6 Å². The Hall–Kier alpha value is 0.0500. The molecule has 4 aliphatic rings. The van der Waals surface area contributed by atoms with Crippen LogP contribution in [-0.2, 0) is 4.18 Å². The standard InChI is InChI=1S/C24H40OS.C2H6/c1-6-24-14-11-20-22(4)13-10-18(25-26)15-17(22)9-12-23(20,5)21(24)8-7-19(24)16(2)3;1-2/h9,16,18-21,26H,6-8,10-15H2,1-5H3;1-2H3. The van der Waals surface area contributed by atoms with Gasteiger partial charge in [0.15, 0.2) is 0 Å². The van der Waals surface area contributed by atoms with Crippen LogP contribution < -0.4 is 0 Å². The summed E-state index contributed by atoms with van der Waals surface area (Å²) in [5.74, 6) is 3.58. The molecule has 3 saturated carbocycles. The quantitative estimate of drug-likeness (QED) is 0.282. The van der Waals surface area contributed by atoms with Gasteiger partial charge in [-0.05, 0) is 111 Å². The van der Waals surface area contributed by atoms with Crippen LogP contribution in [0.2, 0.25) is 0 Å². The predicted molar refractivity (Wildman–Crippen MR) is 124 cm³/mol. The summed E-state index contributed by atoms with van der Waals surface area (Å²) < 4.78 is 5.44. The summed E-state index contributed by atoms with van der Waals surface area (Å²) in [7, 11) is 0. The Morgan fingerprint density at radius 3 is 2.39 bits per heavy atom. The van der Waals surface area contributed by atoms with Gasteiger partial charge in [-0.1, -0.05) is 60.1 Å². The largest absolute Gasteiger partial charge is 0.315 e. The van der Waals surface area contributed by atoms with E-state index in [0.717, 1.165) is 30.1 Å². The van der Waals surface area contributed by atoms with E-state index in [0.29, 0.717) is 22.3 Å². The first-order chi connectivity index (χ1) is 13.3. The monoisotopic (exact) mass is 406 g/mol. The van der Waals surface area contributed by atoms with Gasteiger partial charge in [-0.15, -0.1) is 0 Å². The Kier molecular flexibility index (Phi) is 6.73. The first-order valence-corrected chi connectivity index (χ1v) is 12.7. The van der Waals surface area contributed by atoms with Crippen molar-refractivity contribution >= 4 is 12.9 Å². The van der Waals surface area contributed by atoms with E-state index >= 15 is 0 Å². The van der Waals surface area contributed by atoms with Gasteiger partial charge in [0.1, 0.15) is 0 Å². The maximum absolute atomic E-state index is 5.44. The van der Waals surface area contributed by atoms with E-state index in [9.17, 15) is 0 Å². The van der Waals surface area contributed by atoms with Gasteiger partial charge < -0.3 is 4.18 Å². The van der Waals surface area contributed by atoms with Crippen molar-refractivity contribution in [1.29, 1.82) is 0 Å². The fourth-order valence-electron chi connectivity index (χ4n) is 8.87. The van der Waals surface area contributed by atoms with Gasteiger partial charge in [-0.25, -0.2) is 0 Å². The van der Waals surface area contributed by atoms with Crippen molar-refractivity contribution < 1.29 is 4.18 Å². The van der Waals surface area contributed by atoms with Crippen molar-refractivity contribution in [2.45, 2.75) is 112 Å². The molecule has 0 saturated heterocycles. The molecule has 0 spiro atoms. The molecule has 0 aromatic rings. The maximum atomic E-state index is 5.44. The van der Waals surface area contributed by atoms with Crippen LogP contribution in [0, 0.1) is 39.9 Å². The molecule has 162 valence electrons. The summed E-state index contributed by atoms with van der Waals surface area (Å²) >= 11 is 4.13. The van der Waals surface area contributed by atoms with Crippen molar-refractivity contribution in [2.75, 3.05) is 0 Å². The molecule has 1 nitrogen and oxygen atoms in total. The minimum Gasteiger partial charge on any atom is -0.315 e. The van der Waals surface area contributed by atoms with E-state index in [1.54, 1.807) is 5.57 Å². The topological polar surface area (TPSA) is 9.23 Å². The number of allylic oxidation sites excluding steroid dienone is 1. The predicted octanol–water partition coefficient (Wildman–Crippen LogP) is 8.26. The fourth-order valence-corrected chi connectivity index (χ4v) is 9.05. The van der Waals surface area contributed by atoms with Crippen molar-refractivity contribution in [3.8, 4) is 0 Å². The molecule has 0 N–H and O–H groups in total. The summed E-state index contributed by atoms with van der Waals surface area (Å²) in [6.07, 6.45) is 15.2. The summed E-state index contributed by atoms with van der Waals surface area (Å²) in [6, 6.07) is 0. The molecule has 3 fully saturated rings. The zero-order valence-electron chi connectivity index (χ0n) is 19.7. The van der Waals surface area contributed by atoms with E-state index in [4.69, 9.17) is 4.18 Å². The molecule has 2 heteroatoms. The third-order valence-corrected chi connectivity index (χ3v) is 10.3. The molecule has 7 atom stereocenters. The van der Waals surface area contributed by atoms with E-state index < -0.39 is 0 Å². The van der Waals surface area contributed by atoms with Crippen molar-refractivity contribution in [3.05, 3.63) is 11.6 Å². The Balaban J connectivity index is 0.00000109. The SMILES string of the molecule is CC.CCC12CCC3C4(C)CCC(OS)CC4=CCC3(C)C1CCC2C(C)C. The van der Waals surface area contributed by atoms with Crippen LogP contribution >= 0.6 is 12.9 Å². The molecule has 7 unspecified atom stereocenters. The van der Waals surface area contributed by atoms with Gasteiger partial charge in [-0.3, -0.25) is 0 Å². The Bertz CT molecular complexity index is 583. The average molecular weight is 407 g/mol. The van der Waals surface area contributed by atoms with Crippen LogP contribution in [0.5, 0.6) is 0 Å². The minimum atomic E-state index is 0.331. The molecule has 28 heavy (non-hydrogen) atoms. The molecule has 4 rings (SSSR count). The van der Waals surface area contributed by atoms with E-state index in [1.165, 1.54) is 51.4 Å². The number of hydrogen-bond donors (Lipinski definition) is 1. The number of thiol groups is 1. The molecule has 0 aromatic heterocycles. The first-order valence-electron chi connectivity index (χ1n) is 12.3. The van der Waals surface area contributed by atoms with Crippen LogP contribution in [0.25, 0.3) is 0 Å². The zero-order chi connectivity index (χ0) is 20.7. The Morgan fingerprint density at radius 2 is 1.79 bits per heavy atom. The molecular weight excluding hydrogens is 360 g/mol. The normalized spacial score (nSPS) is 47.4. The highest BCUT2D eigenvalue weighted by atomic mass is 32.1. The third-order valence-electron chi connectivity index (χ3n) is 10.0. The highest BCUT2D eigenvalue weighted by Gasteiger charge is 2.64. The average Bonchev–Trinajstić information content (AvgIpc) is 3.10. The lowest BCUT2D eigenvalue weighted by Crippen LogP contribution is -2.56. The van der Waals surface area contributed by atoms with Crippen LogP contribution in [0.4, 0.5) is 0 Å². The molecule has 0 amide bonds. The molecular formula is C26H46OS. The number of rotatable bonds is 3. The molecule has 0 heterocycles. The van der Waals surface area contributed by atoms with Gasteiger partial charge in [0, 0.05) is 0 Å². The van der Waals surface area contributed by atoms with Gasteiger partial charge in [0.2, 0.25) is 0 Å².